The first-order valence-electron chi connectivity index (χ1n) is 8.14. The lowest BCUT2D eigenvalue weighted by molar-refractivity contribution is 0.102. The van der Waals surface area contributed by atoms with Crippen LogP contribution in [0.15, 0.2) is 71.2 Å². The minimum atomic E-state index is -0.118. The molecule has 4 aromatic rings. The van der Waals surface area contributed by atoms with Crippen LogP contribution in [-0.2, 0) is 0 Å². The molecule has 1 amide bonds. The Kier molecular flexibility index (Phi) is 4.57. The number of amides is 1. The lowest BCUT2D eigenvalue weighted by atomic mass is 10.1. The second-order valence-corrected chi connectivity index (χ2v) is 7.89. The predicted octanol–water partition coefficient (Wildman–Crippen LogP) is 6.29. The SMILES string of the molecule is Cc1ccccc1C(=O)Nc1ccc(Br)cc1-c1nc2ccccc2s1. The number of hydrogen-bond donors (Lipinski definition) is 1. The summed E-state index contributed by atoms with van der Waals surface area (Å²) in [5, 5.41) is 3.93. The number of nitrogens with zero attached hydrogens (tertiary/aromatic N) is 1. The number of nitrogens with one attached hydrogen (secondary N) is 1. The molecule has 128 valence electrons. The maximum atomic E-state index is 12.7. The van der Waals surface area contributed by atoms with Gasteiger partial charge in [0.1, 0.15) is 5.01 Å². The average molecular weight is 423 g/mol. The molecule has 1 N–H and O–H groups in total. The van der Waals surface area contributed by atoms with E-state index in [2.05, 4.69) is 27.3 Å². The number of anilines is 1. The summed E-state index contributed by atoms with van der Waals surface area (Å²) < 4.78 is 2.07. The molecular formula is C21H15BrN2OS. The van der Waals surface area contributed by atoms with Gasteiger partial charge in [0.25, 0.3) is 5.91 Å². The standard InChI is InChI=1S/C21H15BrN2OS/c1-13-6-2-3-7-15(13)20(25)23-17-11-10-14(22)12-16(17)21-24-18-8-4-5-9-19(18)26-21/h2-12H,1H3,(H,23,25). The zero-order chi connectivity index (χ0) is 18.1. The molecule has 1 aromatic heterocycles. The molecule has 0 atom stereocenters. The van der Waals surface area contributed by atoms with Gasteiger partial charge < -0.3 is 5.32 Å². The topological polar surface area (TPSA) is 42.0 Å². The van der Waals surface area contributed by atoms with Gasteiger partial charge in [-0.1, -0.05) is 46.3 Å². The van der Waals surface area contributed by atoms with Crippen LogP contribution >= 0.6 is 27.3 Å². The normalized spacial score (nSPS) is 10.8. The highest BCUT2D eigenvalue weighted by atomic mass is 79.9. The molecule has 3 nitrogen and oxygen atoms in total. The van der Waals surface area contributed by atoms with Gasteiger partial charge in [-0.2, -0.15) is 0 Å². The maximum absolute atomic E-state index is 12.7. The van der Waals surface area contributed by atoms with Crippen molar-refractivity contribution in [1.82, 2.24) is 4.98 Å². The van der Waals surface area contributed by atoms with Crippen LogP contribution in [0.25, 0.3) is 20.8 Å². The molecule has 5 heteroatoms. The average Bonchev–Trinajstić information content (AvgIpc) is 3.07. The molecule has 26 heavy (non-hydrogen) atoms. The van der Waals surface area contributed by atoms with Gasteiger partial charge >= 0.3 is 0 Å². The van der Waals surface area contributed by atoms with Gasteiger partial charge in [0.15, 0.2) is 0 Å². The van der Waals surface area contributed by atoms with E-state index in [-0.39, 0.29) is 5.91 Å². The fourth-order valence-corrected chi connectivity index (χ4v) is 4.16. The lowest BCUT2D eigenvalue weighted by Crippen LogP contribution is -2.13. The molecule has 0 unspecified atom stereocenters. The van der Waals surface area contributed by atoms with Gasteiger partial charge in [0, 0.05) is 15.6 Å². The molecular weight excluding hydrogens is 408 g/mol. The number of aromatic nitrogens is 1. The summed E-state index contributed by atoms with van der Waals surface area (Å²) in [7, 11) is 0. The Bertz CT molecular complexity index is 1090. The van der Waals surface area contributed by atoms with Gasteiger partial charge in [-0.25, -0.2) is 4.98 Å². The molecule has 0 aliphatic rings. The van der Waals surface area contributed by atoms with E-state index in [4.69, 9.17) is 4.98 Å². The first-order valence-corrected chi connectivity index (χ1v) is 9.75. The van der Waals surface area contributed by atoms with E-state index >= 15 is 0 Å². The highest BCUT2D eigenvalue weighted by Gasteiger charge is 2.15. The van der Waals surface area contributed by atoms with Crippen molar-refractivity contribution in [3.05, 3.63) is 82.3 Å². The van der Waals surface area contributed by atoms with E-state index in [9.17, 15) is 4.79 Å². The minimum absolute atomic E-state index is 0.118. The van der Waals surface area contributed by atoms with Crippen molar-refractivity contribution in [2.75, 3.05) is 5.32 Å². The quantitative estimate of drug-likeness (QED) is 0.421. The summed E-state index contributed by atoms with van der Waals surface area (Å²) in [4.78, 5) is 17.5. The van der Waals surface area contributed by atoms with Crippen LogP contribution in [-0.4, -0.2) is 10.9 Å². The Hall–Kier alpha value is -2.50. The number of benzene rings is 3. The number of carbonyl (C=O) groups is 1. The van der Waals surface area contributed by atoms with Gasteiger partial charge in [-0.3, -0.25) is 4.79 Å². The molecule has 0 aliphatic heterocycles. The monoisotopic (exact) mass is 422 g/mol. The molecule has 0 bridgehead atoms. The third-order valence-corrected chi connectivity index (χ3v) is 5.71. The smallest absolute Gasteiger partial charge is 0.255 e. The van der Waals surface area contributed by atoms with E-state index in [0.717, 1.165) is 36.5 Å². The number of carbonyl (C=O) groups excluding carboxylic acids is 1. The van der Waals surface area contributed by atoms with E-state index in [0.29, 0.717) is 5.56 Å². The molecule has 1 heterocycles. The number of thiazole rings is 1. The van der Waals surface area contributed by atoms with Crippen LogP contribution < -0.4 is 5.32 Å². The summed E-state index contributed by atoms with van der Waals surface area (Å²) in [6.45, 7) is 1.94. The first-order chi connectivity index (χ1) is 12.6. The Morgan fingerprint density at radius 3 is 2.62 bits per heavy atom. The third-order valence-electron chi connectivity index (χ3n) is 4.14. The first kappa shape index (κ1) is 16.9. The van der Waals surface area contributed by atoms with Gasteiger partial charge in [0.05, 0.1) is 15.9 Å². The van der Waals surface area contributed by atoms with Crippen molar-refractivity contribution in [2.45, 2.75) is 6.92 Å². The Balaban J connectivity index is 1.75. The summed E-state index contributed by atoms with van der Waals surface area (Å²) in [5.74, 6) is -0.118. The molecule has 0 aliphatic carbocycles. The Morgan fingerprint density at radius 2 is 1.81 bits per heavy atom. The number of halogens is 1. The molecule has 0 radical (unpaired) electrons. The summed E-state index contributed by atoms with van der Waals surface area (Å²) in [6, 6.07) is 21.4. The minimum Gasteiger partial charge on any atom is -0.321 e. The Morgan fingerprint density at radius 1 is 1.04 bits per heavy atom. The van der Waals surface area contributed by atoms with Crippen LogP contribution in [0.1, 0.15) is 15.9 Å². The van der Waals surface area contributed by atoms with Crippen LogP contribution in [0.4, 0.5) is 5.69 Å². The van der Waals surface area contributed by atoms with Crippen molar-refractivity contribution in [3.8, 4) is 10.6 Å². The largest absolute Gasteiger partial charge is 0.321 e. The number of aryl methyl sites for hydroxylation is 1. The zero-order valence-corrected chi connectivity index (χ0v) is 16.4. The Labute approximate surface area is 163 Å². The van der Waals surface area contributed by atoms with Crippen molar-refractivity contribution >= 4 is 49.1 Å². The number of hydrogen-bond acceptors (Lipinski definition) is 3. The van der Waals surface area contributed by atoms with E-state index < -0.39 is 0 Å². The number of para-hydroxylation sites is 1. The maximum Gasteiger partial charge on any atom is 0.255 e. The lowest BCUT2D eigenvalue weighted by Gasteiger charge is -2.11. The van der Waals surface area contributed by atoms with Crippen molar-refractivity contribution in [3.63, 3.8) is 0 Å². The van der Waals surface area contributed by atoms with Crippen LogP contribution in [0.2, 0.25) is 0 Å². The second kappa shape index (κ2) is 7.02. The molecule has 0 saturated carbocycles. The van der Waals surface area contributed by atoms with Crippen LogP contribution in [0, 0.1) is 6.92 Å². The predicted molar refractivity (Wildman–Crippen MR) is 112 cm³/mol. The highest BCUT2D eigenvalue weighted by molar-refractivity contribution is 9.10. The zero-order valence-electron chi connectivity index (χ0n) is 14.0. The van der Waals surface area contributed by atoms with Crippen molar-refractivity contribution < 1.29 is 4.79 Å². The summed E-state index contributed by atoms with van der Waals surface area (Å²) in [5.41, 5.74) is 4.24. The number of rotatable bonds is 3. The molecule has 0 spiro atoms. The third kappa shape index (κ3) is 3.28. The molecule has 3 aromatic carbocycles. The van der Waals surface area contributed by atoms with Gasteiger partial charge in [0.2, 0.25) is 0 Å². The highest BCUT2D eigenvalue weighted by Crippen LogP contribution is 2.36. The number of fused-ring (bicyclic) bond motifs is 1. The van der Waals surface area contributed by atoms with E-state index in [1.807, 2.05) is 67.6 Å². The summed E-state index contributed by atoms with van der Waals surface area (Å²) in [6.07, 6.45) is 0. The van der Waals surface area contributed by atoms with Crippen molar-refractivity contribution in [1.29, 1.82) is 0 Å². The van der Waals surface area contributed by atoms with E-state index in [1.54, 1.807) is 11.3 Å². The fourth-order valence-electron chi connectivity index (χ4n) is 2.81. The summed E-state index contributed by atoms with van der Waals surface area (Å²) >= 11 is 5.14. The van der Waals surface area contributed by atoms with Gasteiger partial charge in [-0.15, -0.1) is 11.3 Å². The van der Waals surface area contributed by atoms with Crippen molar-refractivity contribution in [2.24, 2.45) is 0 Å². The molecule has 4 rings (SSSR count). The molecule has 0 saturated heterocycles. The van der Waals surface area contributed by atoms with Crippen LogP contribution in [0.3, 0.4) is 0 Å². The molecule has 0 fully saturated rings. The van der Waals surface area contributed by atoms with E-state index in [1.165, 1.54) is 0 Å². The second-order valence-electron chi connectivity index (χ2n) is 5.95. The van der Waals surface area contributed by atoms with Crippen LogP contribution in [0.5, 0.6) is 0 Å². The fraction of sp³-hybridized carbons (Fsp3) is 0.0476. The van der Waals surface area contributed by atoms with Gasteiger partial charge in [-0.05, 0) is 48.9 Å².